The minimum atomic E-state index is -4.65. The molecule has 0 aromatic heterocycles. The average molecular weight is 590 g/mol. The van der Waals surface area contributed by atoms with Gasteiger partial charge >= 0.3 is 12.4 Å². The molecule has 0 aliphatic heterocycles. The van der Waals surface area contributed by atoms with Gasteiger partial charge in [0.2, 0.25) is 0 Å². The molecule has 4 nitrogen and oxygen atoms in total. The fraction of sp³-hybridized carbons (Fsp3) is 0.312. The molecule has 42 heavy (non-hydrogen) atoms. The highest BCUT2D eigenvalue weighted by atomic mass is 19.4. The summed E-state index contributed by atoms with van der Waals surface area (Å²) in [6.45, 7) is 2.93. The maximum Gasteiger partial charge on any atom is 0.416 e. The van der Waals surface area contributed by atoms with Gasteiger partial charge in [0.15, 0.2) is 0 Å². The van der Waals surface area contributed by atoms with E-state index in [-0.39, 0.29) is 35.6 Å². The van der Waals surface area contributed by atoms with Gasteiger partial charge in [-0.05, 0) is 115 Å². The second-order valence-corrected chi connectivity index (χ2v) is 9.74. The lowest BCUT2D eigenvalue weighted by Gasteiger charge is -2.16. The molecule has 10 heteroatoms. The first-order chi connectivity index (χ1) is 19.8. The third-order valence-corrected chi connectivity index (χ3v) is 6.19. The third kappa shape index (κ3) is 9.38. The molecule has 0 atom stereocenters. The van der Waals surface area contributed by atoms with Crippen molar-refractivity contribution in [2.45, 2.75) is 38.5 Å². The van der Waals surface area contributed by atoms with Gasteiger partial charge in [-0.2, -0.15) is 26.3 Å². The normalized spacial score (nSPS) is 12.2. The molecular weight excluding hydrogens is 556 g/mol. The second-order valence-electron chi connectivity index (χ2n) is 9.74. The van der Waals surface area contributed by atoms with E-state index in [1.807, 2.05) is 0 Å². The maximum absolute atomic E-state index is 13.9. The average Bonchev–Trinajstić information content (AvgIpc) is 2.92. The number of ether oxygens (including phenoxy) is 1. The third-order valence-electron chi connectivity index (χ3n) is 6.19. The van der Waals surface area contributed by atoms with E-state index >= 15 is 0 Å². The summed E-state index contributed by atoms with van der Waals surface area (Å²) in [6, 6.07) is 11.7. The van der Waals surface area contributed by atoms with Gasteiger partial charge in [-0.1, -0.05) is 23.5 Å². The van der Waals surface area contributed by atoms with Gasteiger partial charge in [0, 0.05) is 18.5 Å². The van der Waals surface area contributed by atoms with Crippen LogP contribution in [-0.4, -0.2) is 26.2 Å². The van der Waals surface area contributed by atoms with E-state index in [1.54, 1.807) is 31.2 Å². The lowest BCUT2D eigenvalue weighted by Crippen LogP contribution is -2.07. The quantitative estimate of drug-likeness (QED) is 0.132. The molecule has 0 aliphatic carbocycles. The molecule has 0 spiro atoms. The number of nitrogens with two attached hydrogens (primary N) is 3. The number of alkyl halides is 6. The van der Waals surface area contributed by atoms with Crippen molar-refractivity contribution in [3.63, 3.8) is 0 Å². The number of halogens is 6. The number of rotatable bonds is 10. The Kier molecular flexibility index (Phi) is 11.2. The van der Waals surface area contributed by atoms with Gasteiger partial charge in [0.1, 0.15) is 5.75 Å². The summed E-state index contributed by atoms with van der Waals surface area (Å²) in [5, 5.41) is 0. The topological polar surface area (TPSA) is 87.3 Å². The SMILES string of the molecule is CC(=Cc1cc(-c2cc(OCCCN)cc(-c3cc(C#CCCN)cc(C(F)(F)F)c3)c2)cc(C(F)(F)F)c1)CCN. The molecule has 0 fully saturated rings. The zero-order chi connectivity index (χ0) is 30.9. The van der Waals surface area contributed by atoms with E-state index in [0.717, 1.165) is 29.8 Å². The van der Waals surface area contributed by atoms with Gasteiger partial charge in [0.25, 0.3) is 0 Å². The summed E-state index contributed by atoms with van der Waals surface area (Å²) < 4.78 is 89.0. The Bertz CT molecular complexity index is 1470. The first-order valence-electron chi connectivity index (χ1n) is 13.3. The van der Waals surface area contributed by atoms with Crippen LogP contribution in [0.25, 0.3) is 28.3 Å². The van der Waals surface area contributed by atoms with Crippen LogP contribution < -0.4 is 21.9 Å². The molecule has 0 radical (unpaired) electrons. The number of benzene rings is 3. The van der Waals surface area contributed by atoms with Crippen LogP contribution in [0.2, 0.25) is 0 Å². The van der Waals surface area contributed by atoms with Crippen molar-refractivity contribution in [3.8, 4) is 39.8 Å². The van der Waals surface area contributed by atoms with Gasteiger partial charge in [-0.3, -0.25) is 0 Å². The molecule has 0 aliphatic rings. The van der Waals surface area contributed by atoms with E-state index in [4.69, 9.17) is 21.9 Å². The van der Waals surface area contributed by atoms with Crippen molar-refractivity contribution < 1.29 is 31.1 Å². The minimum Gasteiger partial charge on any atom is -0.494 e. The maximum atomic E-state index is 13.9. The minimum absolute atomic E-state index is 0.131. The first kappa shape index (κ1) is 32.7. The van der Waals surface area contributed by atoms with Crippen LogP contribution in [0.5, 0.6) is 5.75 Å². The molecule has 0 saturated carbocycles. The number of hydrogen-bond acceptors (Lipinski definition) is 4. The largest absolute Gasteiger partial charge is 0.494 e. The van der Waals surface area contributed by atoms with E-state index in [1.165, 1.54) is 12.1 Å². The summed E-state index contributed by atoms with van der Waals surface area (Å²) in [5.41, 5.74) is 17.1. The fourth-order valence-electron chi connectivity index (χ4n) is 4.21. The van der Waals surface area contributed by atoms with Crippen molar-refractivity contribution in [1.29, 1.82) is 0 Å². The first-order valence-corrected chi connectivity index (χ1v) is 13.3. The molecule has 0 unspecified atom stereocenters. The molecule has 3 aromatic rings. The Balaban J connectivity index is 2.27. The van der Waals surface area contributed by atoms with Crippen molar-refractivity contribution in [1.82, 2.24) is 0 Å². The summed E-state index contributed by atoms with van der Waals surface area (Å²) >= 11 is 0. The molecule has 0 heterocycles. The predicted octanol–water partition coefficient (Wildman–Crippen LogP) is 7.24. The summed E-state index contributed by atoms with van der Waals surface area (Å²) in [6.07, 6.45) is -6.34. The highest BCUT2D eigenvalue weighted by Crippen LogP contribution is 2.39. The fourth-order valence-corrected chi connectivity index (χ4v) is 4.21. The Morgan fingerprint density at radius 3 is 1.90 bits per heavy atom. The Labute approximate surface area is 241 Å². The lowest BCUT2D eigenvalue weighted by atomic mass is 9.93. The molecular formula is C32H33F6N3O. The van der Waals surface area contributed by atoms with Crippen LogP contribution in [0.1, 0.15) is 48.4 Å². The predicted molar refractivity (Wildman–Crippen MR) is 154 cm³/mol. The highest BCUT2D eigenvalue weighted by Gasteiger charge is 2.32. The van der Waals surface area contributed by atoms with Crippen molar-refractivity contribution in [2.75, 3.05) is 26.2 Å². The molecule has 0 bridgehead atoms. The van der Waals surface area contributed by atoms with Crippen molar-refractivity contribution in [3.05, 3.63) is 82.4 Å². The Hall–Kier alpha value is -3.78. The molecule has 6 N–H and O–H groups in total. The van der Waals surface area contributed by atoms with Crippen LogP contribution in [0.4, 0.5) is 26.3 Å². The van der Waals surface area contributed by atoms with Gasteiger partial charge in [-0.15, -0.1) is 0 Å². The van der Waals surface area contributed by atoms with Crippen LogP contribution >= 0.6 is 0 Å². The molecule has 0 amide bonds. The van der Waals surface area contributed by atoms with E-state index in [9.17, 15) is 26.3 Å². The zero-order valence-electron chi connectivity index (χ0n) is 23.1. The van der Waals surface area contributed by atoms with Crippen LogP contribution in [-0.2, 0) is 12.4 Å². The smallest absolute Gasteiger partial charge is 0.416 e. The van der Waals surface area contributed by atoms with E-state index in [0.29, 0.717) is 49.0 Å². The molecule has 3 rings (SSSR count). The molecule has 224 valence electrons. The van der Waals surface area contributed by atoms with Crippen molar-refractivity contribution >= 4 is 6.08 Å². The van der Waals surface area contributed by atoms with Crippen LogP contribution in [0.3, 0.4) is 0 Å². The van der Waals surface area contributed by atoms with Crippen LogP contribution in [0.15, 0.2) is 60.2 Å². The van der Waals surface area contributed by atoms with Crippen LogP contribution in [0, 0.1) is 11.8 Å². The van der Waals surface area contributed by atoms with Gasteiger partial charge < -0.3 is 21.9 Å². The number of hydrogen-bond donors (Lipinski definition) is 3. The zero-order valence-corrected chi connectivity index (χ0v) is 23.1. The molecule has 0 saturated heterocycles. The lowest BCUT2D eigenvalue weighted by molar-refractivity contribution is -0.138. The van der Waals surface area contributed by atoms with Gasteiger partial charge in [-0.25, -0.2) is 0 Å². The Morgan fingerprint density at radius 2 is 1.33 bits per heavy atom. The van der Waals surface area contributed by atoms with E-state index in [2.05, 4.69) is 11.8 Å². The monoisotopic (exact) mass is 589 g/mol. The summed E-state index contributed by atoms with van der Waals surface area (Å²) in [5.74, 6) is 5.74. The summed E-state index contributed by atoms with van der Waals surface area (Å²) in [7, 11) is 0. The van der Waals surface area contributed by atoms with E-state index < -0.39 is 23.5 Å². The summed E-state index contributed by atoms with van der Waals surface area (Å²) in [4.78, 5) is 0. The highest BCUT2D eigenvalue weighted by molar-refractivity contribution is 5.78. The van der Waals surface area contributed by atoms with Gasteiger partial charge in [0.05, 0.1) is 17.7 Å². The van der Waals surface area contributed by atoms with Crippen molar-refractivity contribution in [2.24, 2.45) is 17.2 Å². The second kappa shape index (κ2) is 14.4. The Morgan fingerprint density at radius 1 is 0.738 bits per heavy atom. The standard InChI is InChI=1S/C32H33F6N3O/c1-21(6-9-41)11-23-13-25(18-29(15-23)32(36,37)38)27-16-26(19-30(20-27)42-10-4-8-40)24-12-22(5-2-3-7-39)14-28(17-24)31(33,34)35/h11-20H,3-4,6-10,39-41H2,1H3. The molecule has 3 aromatic carbocycles.